The van der Waals surface area contributed by atoms with Crippen molar-refractivity contribution in [3.05, 3.63) is 38.4 Å². The fraction of sp³-hybridized carbons (Fsp3) is 0.571. The first kappa shape index (κ1) is 16.9. The lowest BCUT2D eigenvalue weighted by molar-refractivity contribution is -0.393. The molecule has 0 spiro atoms. The van der Waals surface area contributed by atoms with E-state index in [0.717, 1.165) is 6.07 Å². The number of hydrogen-bond donors (Lipinski definition) is 0. The smallest absolute Gasteiger partial charge is 0.299 e. The van der Waals surface area contributed by atoms with Gasteiger partial charge in [-0.05, 0) is 17.9 Å². The Bertz CT molecular complexity index is 519. The molecule has 0 fully saturated rings. The summed E-state index contributed by atoms with van der Waals surface area (Å²) in [6.07, 6.45) is 0. The fourth-order valence-corrected chi connectivity index (χ4v) is 2.19. The second-order valence-electron chi connectivity index (χ2n) is 5.88. The quantitative estimate of drug-likeness (QED) is 0.566. The van der Waals surface area contributed by atoms with Gasteiger partial charge in [0.2, 0.25) is 0 Å². The number of rotatable bonds is 7. The maximum Gasteiger partial charge on any atom is 0.299 e. The molecule has 0 unspecified atom stereocenters. The molecule has 21 heavy (non-hydrogen) atoms. The minimum atomic E-state index is -0.619. The van der Waals surface area contributed by atoms with E-state index in [0.29, 0.717) is 30.6 Å². The van der Waals surface area contributed by atoms with Crippen LogP contribution in [0.25, 0.3) is 0 Å². The van der Waals surface area contributed by atoms with E-state index >= 15 is 0 Å². The number of hydrogen-bond acceptors (Lipinski definition) is 5. The van der Waals surface area contributed by atoms with Crippen LogP contribution in [0.2, 0.25) is 0 Å². The fourth-order valence-electron chi connectivity index (χ4n) is 2.19. The van der Waals surface area contributed by atoms with Crippen LogP contribution in [0.3, 0.4) is 0 Å². The van der Waals surface area contributed by atoms with Crippen molar-refractivity contribution >= 4 is 17.1 Å². The van der Waals surface area contributed by atoms with E-state index < -0.39 is 9.85 Å². The maximum atomic E-state index is 11.2. The van der Waals surface area contributed by atoms with Gasteiger partial charge in [-0.25, -0.2) is 0 Å². The summed E-state index contributed by atoms with van der Waals surface area (Å²) in [7, 11) is 0. The van der Waals surface area contributed by atoms with Crippen LogP contribution in [0.15, 0.2) is 18.2 Å². The average Bonchev–Trinajstić information content (AvgIpc) is 2.35. The maximum absolute atomic E-state index is 11.2. The van der Waals surface area contributed by atoms with Gasteiger partial charge in [0.15, 0.2) is 0 Å². The van der Waals surface area contributed by atoms with Crippen LogP contribution in [-0.4, -0.2) is 22.9 Å². The predicted octanol–water partition coefficient (Wildman–Crippen LogP) is 3.62. The summed E-state index contributed by atoms with van der Waals surface area (Å²) >= 11 is 0. The third-order valence-corrected chi connectivity index (χ3v) is 2.88. The molecular weight excluding hydrogens is 274 g/mol. The van der Waals surface area contributed by atoms with Crippen LogP contribution in [0.4, 0.5) is 17.1 Å². The van der Waals surface area contributed by atoms with E-state index in [1.807, 2.05) is 32.6 Å². The first-order chi connectivity index (χ1) is 9.72. The van der Waals surface area contributed by atoms with Gasteiger partial charge in [-0.2, -0.15) is 0 Å². The van der Waals surface area contributed by atoms with Gasteiger partial charge in [-0.15, -0.1) is 0 Å². The molecule has 1 aromatic rings. The van der Waals surface area contributed by atoms with E-state index in [-0.39, 0.29) is 11.4 Å². The number of nitro groups is 2. The molecule has 0 atom stereocenters. The monoisotopic (exact) mass is 295 g/mol. The van der Waals surface area contributed by atoms with Gasteiger partial charge < -0.3 is 4.90 Å². The Morgan fingerprint density at radius 3 is 1.90 bits per heavy atom. The van der Waals surface area contributed by atoms with Crippen molar-refractivity contribution < 1.29 is 9.85 Å². The largest absolute Gasteiger partial charge is 0.365 e. The lowest BCUT2D eigenvalue weighted by Gasteiger charge is -2.28. The molecule has 0 N–H and O–H groups in total. The predicted molar refractivity (Wildman–Crippen MR) is 81.6 cm³/mol. The van der Waals surface area contributed by atoms with Crippen molar-refractivity contribution in [2.24, 2.45) is 11.8 Å². The van der Waals surface area contributed by atoms with Crippen molar-refractivity contribution in [2.45, 2.75) is 27.7 Å². The Morgan fingerprint density at radius 2 is 1.52 bits per heavy atom. The van der Waals surface area contributed by atoms with Crippen LogP contribution in [0, 0.1) is 32.1 Å². The van der Waals surface area contributed by atoms with Gasteiger partial charge in [0.1, 0.15) is 5.69 Å². The lowest BCUT2D eigenvalue weighted by atomic mass is 10.1. The third kappa shape index (κ3) is 4.70. The Labute approximate surface area is 123 Å². The zero-order valence-corrected chi connectivity index (χ0v) is 12.8. The van der Waals surface area contributed by atoms with Crippen molar-refractivity contribution in [1.29, 1.82) is 0 Å². The summed E-state index contributed by atoms with van der Waals surface area (Å²) in [5, 5.41) is 22.0. The molecule has 0 bridgehead atoms. The molecule has 0 saturated carbocycles. The van der Waals surface area contributed by atoms with Crippen molar-refractivity contribution in [3.8, 4) is 0 Å². The Hall–Kier alpha value is -2.18. The summed E-state index contributed by atoms with van der Waals surface area (Å²) in [5.41, 5.74) is -0.0435. The van der Waals surface area contributed by atoms with Crippen LogP contribution in [0.1, 0.15) is 27.7 Å². The summed E-state index contributed by atoms with van der Waals surface area (Å²) in [6, 6.07) is 3.82. The minimum Gasteiger partial charge on any atom is -0.365 e. The molecule has 0 saturated heterocycles. The molecular formula is C14H21N3O4. The molecule has 0 aromatic heterocycles. The highest BCUT2D eigenvalue weighted by Crippen LogP contribution is 2.32. The number of non-ortho nitro benzene ring substituents is 1. The summed E-state index contributed by atoms with van der Waals surface area (Å²) < 4.78 is 0. The zero-order valence-electron chi connectivity index (χ0n) is 12.8. The van der Waals surface area contributed by atoms with E-state index in [4.69, 9.17) is 0 Å². The van der Waals surface area contributed by atoms with Gasteiger partial charge in [-0.1, -0.05) is 27.7 Å². The molecule has 116 valence electrons. The summed E-state index contributed by atoms with van der Waals surface area (Å²) in [5.74, 6) is 0.664. The molecule has 1 aromatic carbocycles. The molecule has 0 aliphatic heterocycles. The van der Waals surface area contributed by atoms with Gasteiger partial charge in [-0.3, -0.25) is 20.2 Å². The van der Waals surface area contributed by atoms with E-state index in [1.165, 1.54) is 12.1 Å². The molecule has 0 aliphatic carbocycles. The van der Waals surface area contributed by atoms with Crippen LogP contribution >= 0.6 is 0 Å². The normalized spacial score (nSPS) is 11.0. The highest BCUT2D eigenvalue weighted by atomic mass is 16.6. The highest BCUT2D eigenvalue weighted by molar-refractivity contribution is 5.66. The third-order valence-electron chi connectivity index (χ3n) is 2.88. The van der Waals surface area contributed by atoms with Gasteiger partial charge in [0.25, 0.3) is 11.4 Å². The molecule has 0 heterocycles. The highest BCUT2D eigenvalue weighted by Gasteiger charge is 2.24. The molecule has 1 rings (SSSR count). The molecule has 7 nitrogen and oxygen atoms in total. The Kier molecular flexibility index (Phi) is 5.63. The van der Waals surface area contributed by atoms with E-state index in [1.54, 1.807) is 0 Å². The second-order valence-corrected chi connectivity index (χ2v) is 5.88. The van der Waals surface area contributed by atoms with Gasteiger partial charge in [0.05, 0.1) is 15.9 Å². The Morgan fingerprint density at radius 1 is 1.00 bits per heavy atom. The summed E-state index contributed by atoms with van der Waals surface area (Å²) in [6.45, 7) is 9.46. The minimum absolute atomic E-state index is 0.217. The molecule has 0 aliphatic rings. The Balaban J connectivity index is 3.28. The van der Waals surface area contributed by atoms with Crippen LogP contribution in [0.5, 0.6) is 0 Å². The lowest BCUT2D eigenvalue weighted by Crippen LogP contribution is -2.31. The first-order valence-electron chi connectivity index (χ1n) is 6.90. The van der Waals surface area contributed by atoms with Gasteiger partial charge >= 0.3 is 0 Å². The van der Waals surface area contributed by atoms with Crippen LogP contribution < -0.4 is 4.90 Å². The second kappa shape index (κ2) is 7.01. The van der Waals surface area contributed by atoms with Crippen molar-refractivity contribution in [3.63, 3.8) is 0 Å². The number of anilines is 1. The number of benzene rings is 1. The van der Waals surface area contributed by atoms with Gasteiger partial charge in [0, 0.05) is 19.2 Å². The molecule has 0 radical (unpaired) electrons. The van der Waals surface area contributed by atoms with Crippen molar-refractivity contribution in [1.82, 2.24) is 0 Å². The topological polar surface area (TPSA) is 89.5 Å². The number of nitrogens with zero attached hydrogens (tertiary/aromatic N) is 3. The first-order valence-corrected chi connectivity index (χ1v) is 6.90. The molecule has 7 heteroatoms. The summed E-state index contributed by atoms with van der Waals surface area (Å²) in [4.78, 5) is 22.8. The van der Waals surface area contributed by atoms with E-state index in [9.17, 15) is 20.2 Å². The molecule has 0 amide bonds. The standard InChI is InChI=1S/C14H21N3O4/c1-10(2)8-15(9-11(3)4)13-6-5-12(16(18)19)7-14(13)17(20)21/h5-7,10-11H,8-9H2,1-4H3. The van der Waals surface area contributed by atoms with E-state index in [2.05, 4.69) is 0 Å². The van der Waals surface area contributed by atoms with Crippen molar-refractivity contribution in [2.75, 3.05) is 18.0 Å². The average molecular weight is 295 g/mol. The van der Waals surface area contributed by atoms with Crippen LogP contribution in [-0.2, 0) is 0 Å². The zero-order chi connectivity index (χ0) is 16.2. The number of nitro benzene ring substituents is 2. The SMILES string of the molecule is CC(C)CN(CC(C)C)c1ccc([N+](=O)[O-])cc1[N+](=O)[O-].